The van der Waals surface area contributed by atoms with Crippen molar-refractivity contribution in [2.45, 2.75) is 12.5 Å². The molecule has 5 heteroatoms. The maximum Gasteiger partial charge on any atom is 0.225 e. The van der Waals surface area contributed by atoms with Crippen molar-refractivity contribution >= 4 is 21.9 Å². The molecule has 0 unspecified atom stereocenters. The summed E-state index contributed by atoms with van der Waals surface area (Å²) in [6, 6.07) is 0.603. The zero-order chi connectivity index (χ0) is 10.3. The second-order valence-electron chi connectivity index (χ2n) is 4.17. The molecule has 2 aliphatic heterocycles. The minimum Gasteiger partial charge on any atom is -0.336 e. The highest BCUT2D eigenvalue weighted by Crippen LogP contribution is 2.29. The Bertz CT molecular complexity index is 353. The van der Waals surface area contributed by atoms with Crippen LogP contribution < -0.4 is 10.2 Å². The van der Waals surface area contributed by atoms with Gasteiger partial charge in [0.15, 0.2) is 0 Å². The summed E-state index contributed by atoms with van der Waals surface area (Å²) in [5.41, 5.74) is 0. The van der Waals surface area contributed by atoms with E-state index >= 15 is 0 Å². The molecule has 80 valence electrons. The fourth-order valence-electron chi connectivity index (χ4n) is 2.55. The van der Waals surface area contributed by atoms with Crippen molar-refractivity contribution in [2.24, 2.45) is 5.92 Å². The third kappa shape index (κ3) is 1.63. The number of anilines is 1. The number of halogens is 1. The fraction of sp³-hybridized carbons (Fsp3) is 0.600. The number of hydrogen-bond acceptors (Lipinski definition) is 4. The van der Waals surface area contributed by atoms with Crippen molar-refractivity contribution in [3.05, 3.63) is 16.9 Å². The molecule has 0 radical (unpaired) electrons. The van der Waals surface area contributed by atoms with E-state index < -0.39 is 0 Å². The minimum atomic E-state index is 0.603. The molecule has 1 aromatic rings. The normalized spacial score (nSPS) is 29.5. The zero-order valence-electron chi connectivity index (χ0n) is 8.36. The lowest BCUT2D eigenvalue weighted by atomic mass is 10.1. The maximum absolute atomic E-state index is 4.36. The van der Waals surface area contributed by atoms with Gasteiger partial charge in [-0.1, -0.05) is 0 Å². The Morgan fingerprint density at radius 3 is 2.93 bits per heavy atom. The third-order valence-corrected chi connectivity index (χ3v) is 3.72. The van der Waals surface area contributed by atoms with Gasteiger partial charge in [0.1, 0.15) is 0 Å². The molecule has 2 atom stereocenters. The molecule has 0 aromatic carbocycles. The van der Waals surface area contributed by atoms with Gasteiger partial charge in [-0.25, -0.2) is 9.97 Å². The molecule has 2 aliphatic rings. The van der Waals surface area contributed by atoms with E-state index in [9.17, 15) is 0 Å². The first-order valence-corrected chi connectivity index (χ1v) is 6.09. The zero-order valence-corrected chi connectivity index (χ0v) is 9.94. The van der Waals surface area contributed by atoms with Gasteiger partial charge in [-0.2, -0.15) is 0 Å². The fourth-order valence-corrected chi connectivity index (χ4v) is 2.76. The third-order valence-electron chi connectivity index (χ3n) is 3.31. The van der Waals surface area contributed by atoms with Crippen LogP contribution in [0, 0.1) is 5.92 Å². The van der Waals surface area contributed by atoms with Crippen LogP contribution in [-0.4, -0.2) is 35.6 Å². The predicted molar refractivity (Wildman–Crippen MR) is 61.8 cm³/mol. The Morgan fingerprint density at radius 1 is 1.33 bits per heavy atom. The summed E-state index contributed by atoms with van der Waals surface area (Å²) in [7, 11) is 0. The number of fused-ring (bicyclic) bond motifs is 1. The van der Waals surface area contributed by atoms with Crippen LogP contribution >= 0.6 is 15.9 Å². The minimum absolute atomic E-state index is 0.603. The molecule has 4 nitrogen and oxygen atoms in total. The van der Waals surface area contributed by atoms with Crippen molar-refractivity contribution in [1.82, 2.24) is 15.3 Å². The lowest BCUT2D eigenvalue weighted by Crippen LogP contribution is -2.35. The Morgan fingerprint density at radius 2 is 2.13 bits per heavy atom. The standard InChI is InChI=1S/C10H13BrN4/c11-8-4-13-10(14-5-8)15-2-1-7-3-12-6-9(7)15/h4-5,7,9,12H,1-3,6H2/t7-,9+/m0/s1. The molecule has 0 bridgehead atoms. The van der Waals surface area contributed by atoms with Gasteiger partial charge in [0.25, 0.3) is 0 Å². The molecule has 1 aromatic heterocycles. The predicted octanol–water partition coefficient (Wildman–Crippen LogP) is 1.04. The first-order chi connectivity index (χ1) is 7.34. The van der Waals surface area contributed by atoms with E-state index in [2.05, 4.69) is 36.1 Å². The highest BCUT2D eigenvalue weighted by atomic mass is 79.9. The number of hydrogen-bond donors (Lipinski definition) is 1. The number of nitrogens with one attached hydrogen (secondary N) is 1. The SMILES string of the molecule is Brc1cnc(N2CC[C@H]3CNC[C@H]32)nc1. The second-order valence-corrected chi connectivity index (χ2v) is 5.08. The van der Waals surface area contributed by atoms with E-state index in [1.54, 1.807) is 0 Å². The molecule has 0 aliphatic carbocycles. The molecule has 3 heterocycles. The van der Waals surface area contributed by atoms with Crippen LogP contribution in [0.25, 0.3) is 0 Å². The van der Waals surface area contributed by atoms with Gasteiger partial charge in [0.2, 0.25) is 5.95 Å². The summed E-state index contributed by atoms with van der Waals surface area (Å²) in [5.74, 6) is 1.66. The Labute approximate surface area is 97.2 Å². The largest absolute Gasteiger partial charge is 0.336 e. The number of nitrogens with zero attached hydrogens (tertiary/aromatic N) is 3. The van der Waals surface area contributed by atoms with Crippen molar-refractivity contribution < 1.29 is 0 Å². The monoisotopic (exact) mass is 268 g/mol. The summed E-state index contributed by atoms with van der Waals surface area (Å²) in [6.07, 6.45) is 4.90. The molecule has 0 saturated carbocycles. The van der Waals surface area contributed by atoms with Crippen LogP contribution in [0.15, 0.2) is 16.9 Å². The quantitative estimate of drug-likeness (QED) is 0.827. The topological polar surface area (TPSA) is 41.1 Å². The Balaban J connectivity index is 1.85. The summed E-state index contributed by atoms with van der Waals surface area (Å²) in [4.78, 5) is 11.1. The van der Waals surface area contributed by atoms with Gasteiger partial charge in [-0.15, -0.1) is 0 Å². The summed E-state index contributed by atoms with van der Waals surface area (Å²) < 4.78 is 0.937. The van der Waals surface area contributed by atoms with Crippen molar-refractivity contribution in [2.75, 3.05) is 24.5 Å². The first-order valence-electron chi connectivity index (χ1n) is 5.29. The van der Waals surface area contributed by atoms with Crippen LogP contribution in [0.3, 0.4) is 0 Å². The number of aromatic nitrogens is 2. The van der Waals surface area contributed by atoms with Crippen molar-refractivity contribution in [1.29, 1.82) is 0 Å². The maximum atomic E-state index is 4.36. The average molecular weight is 269 g/mol. The molecule has 0 spiro atoms. The van der Waals surface area contributed by atoms with Crippen molar-refractivity contribution in [3.63, 3.8) is 0 Å². The van der Waals surface area contributed by atoms with E-state index in [-0.39, 0.29) is 0 Å². The van der Waals surface area contributed by atoms with Crippen molar-refractivity contribution in [3.8, 4) is 0 Å². The lowest BCUT2D eigenvalue weighted by molar-refractivity contribution is 0.576. The molecule has 3 rings (SSSR count). The molecule has 2 saturated heterocycles. The molecule has 2 fully saturated rings. The highest BCUT2D eigenvalue weighted by molar-refractivity contribution is 9.10. The molecular formula is C10H13BrN4. The van der Waals surface area contributed by atoms with Gasteiger partial charge in [0.05, 0.1) is 4.47 Å². The van der Waals surface area contributed by atoms with Gasteiger partial charge in [-0.3, -0.25) is 0 Å². The lowest BCUT2D eigenvalue weighted by Gasteiger charge is -2.22. The molecule has 0 amide bonds. The van der Waals surface area contributed by atoms with Crippen LogP contribution in [-0.2, 0) is 0 Å². The smallest absolute Gasteiger partial charge is 0.225 e. The number of rotatable bonds is 1. The second kappa shape index (κ2) is 3.72. The summed E-state index contributed by atoms with van der Waals surface area (Å²) in [6.45, 7) is 3.32. The van der Waals surface area contributed by atoms with Gasteiger partial charge in [-0.05, 0) is 28.3 Å². The molecule has 1 N–H and O–H groups in total. The Kier molecular flexibility index (Phi) is 2.36. The van der Waals surface area contributed by atoms with Gasteiger partial charge < -0.3 is 10.2 Å². The first kappa shape index (κ1) is 9.54. The van der Waals surface area contributed by atoms with Crippen LogP contribution in [0.4, 0.5) is 5.95 Å². The highest BCUT2D eigenvalue weighted by Gasteiger charge is 2.38. The molecule has 15 heavy (non-hydrogen) atoms. The Hall–Kier alpha value is -0.680. The van der Waals surface area contributed by atoms with Gasteiger partial charge in [0, 0.05) is 38.1 Å². The van der Waals surface area contributed by atoms with E-state index in [1.165, 1.54) is 6.42 Å². The van der Waals surface area contributed by atoms with Crippen LogP contribution in [0.1, 0.15) is 6.42 Å². The van der Waals surface area contributed by atoms with Crippen LogP contribution in [0.2, 0.25) is 0 Å². The van der Waals surface area contributed by atoms with E-state index in [0.29, 0.717) is 6.04 Å². The van der Waals surface area contributed by atoms with Crippen LogP contribution in [0.5, 0.6) is 0 Å². The van der Waals surface area contributed by atoms with E-state index in [0.717, 1.165) is 36.0 Å². The summed E-state index contributed by atoms with van der Waals surface area (Å²) in [5, 5.41) is 3.43. The molecular weight excluding hydrogens is 256 g/mol. The van der Waals surface area contributed by atoms with E-state index in [1.807, 2.05) is 12.4 Å². The average Bonchev–Trinajstić information content (AvgIpc) is 2.80. The van der Waals surface area contributed by atoms with Gasteiger partial charge >= 0.3 is 0 Å². The summed E-state index contributed by atoms with van der Waals surface area (Å²) >= 11 is 3.35. The van der Waals surface area contributed by atoms with E-state index in [4.69, 9.17) is 0 Å².